The summed E-state index contributed by atoms with van der Waals surface area (Å²) in [4.78, 5) is 0. The molecule has 2 atom stereocenters. The second kappa shape index (κ2) is 5.13. The Morgan fingerprint density at radius 3 is 2.64 bits per heavy atom. The fourth-order valence-electron chi connectivity index (χ4n) is 2.46. The fraction of sp³-hybridized carbons (Fsp3) is 1.00. The van der Waals surface area contributed by atoms with E-state index in [0.29, 0.717) is 5.92 Å². The summed E-state index contributed by atoms with van der Waals surface area (Å²) in [6.07, 6.45) is 5.32. The van der Waals surface area contributed by atoms with Gasteiger partial charge in [0.05, 0.1) is 0 Å². The number of hydrogen-bond donors (Lipinski definition) is 2. The van der Waals surface area contributed by atoms with Gasteiger partial charge in [-0.15, -0.1) is 0 Å². The zero-order valence-corrected chi connectivity index (χ0v) is 9.97. The van der Waals surface area contributed by atoms with E-state index in [0.717, 1.165) is 19.0 Å². The van der Waals surface area contributed by atoms with E-state index in [2.05, 4.69) is 26.1 Å². The van der Waals surface area contributed by atoms with E-state index in [4.69, 9.17) is 5.73 Å². The molecule has 0 spiro atoms. The molecule has 2 nitrogen and oxygen atoms in total. The highest BCUT2D eigenvalue weighted by Gasteiger charge is 2.36. The second-order valence-corrected chi connectivity index (χ2v) is 5.28. The van der Waals surface area contributed by atoms with Gasteiger partial charge in [-0.2, -0.15) is 0 Å². The smallest absolute Gasteiger partial charge is 0.0329 e. The van der Waals surface area contributed by atoms with Crippen molar-refractivity contribution in [1.82, 2.24) is 5.32 Å². The first-order valence-corrected chi connectivity index (χ1v) is 6.06. The van der Waals surface area contributed by atoms with Gasteiger partial charge in [0.1, 0.15) is 0 Å². The van der Waals surface area contributed by atoms with Crippen molar-refractivity contribution in [2.24, 2.45) is 17.6 Å². The van der Waals surface area contributed by atoms with E-state index in [9.17, 15) is 0 Å². The Balaban J connectivity index is 2.54. The van der Waals surface area contributed by atoms with Crippen LogP contribution in [0.25, 0.3) is 0 Å². The Kier molecular flexibility index (Phi) is 4.39. The van der Waals surface area contributed by atoms with Crippen LogP contribution in [0.5, 0.6) is 0 Å². The summed E-state index contributed by atoms with van der Waals surface area (Å²) in [5.74, 6) is 1.45. The van der Waals surface area contributed by atoms with Gasteiger partial charge in [-0.25, -0.2) is 0 Å². The van der Waals surface area contributed by atoms with Gasteiger partial charge >= 0.3 is 0 Å². The van der Waals surface area contributed by atoms with E-state index in [1.54, 1.807) is 0 Å². The summed E-state index contributed by atoms with van der Waals surface area (Å²) in [5.41, 5.74) is 6.19. The largest absolute Gasteiger partial charge is 0.329 e. The van der Waals surface area contributed by atoms with Crippen LogP contribution in [0, 0.1) is 11.8 Å². The molecule has 0 aromatic rings. The third-order valence-electron chi connectivity index (χ3n) is 3.68. The maximum absolute atomic E-state index is 5.95. The lowest BCUT2D eigenvalue weighted by Gasteiger charge is -2.43. The SMILES string of the molecule is CC(C)CNC1(CN)CCCCC1C. The Bertz CT molecular complexity index is 168. The quantitative estimate of drug-likeness (QED) is 0.726. The number of nitrogens with two attached hydrogens (primary N) is 1. The summed E-state index contributed by atoms with van der Waals surface area (Å²) in [6, 6.07) is 0. The van der Waals surface area contributed by atoms with Crippen LogP contribution in [0.3, 0.4) is 0 Å². The molecular weight excluding hydrogens is 172 g/mol. The molecule has 1 fully saturated rings. The zero-order valence-electron chi connectivity index (χ0n) is 9.97. The summed E-state index contributed by atoms with van der Waals surface area (Å²) in [7, 11) is 0. The summed E-state index contributed by atoms with van der Waals surface area (Å²) >= 11 is 0. The topological polar surface area (TPSA) is 38.0 Å². The lowest BCUT2D eigenvalue weighted by Crippen LogP contribution is -2.58. The first-order chi connectivity index (χ1) is 6.60. The zero-order chi connectivity index (χ0) is 10.6. The van der Waals surface area contributed by atoms with Crippen LogP contribution in [-0.4, -0.2) is 18.6 Å². The van der Waals surface area contributed by atoms with Crippen LogP contribution in [0.2, 0.25) is 0 Å². The van der Waals surface area contributed by atoms with Crippen LogP contribution in [0.4, 0.5) is 0 Å². The first kappa shape index (κ1) is 12.0. The average Bonchev–Trinajstić information content (AvgIpc) is 2.17. The summed E-state index contributed by atoms with van der Waals surface area (Å²) in [5, 5.41) is 3.71. The molecule has 84 valence electrons. The number of hydrogen-bond acceptors (Lipinski definition) is 2. The number of rotatable bonds is 4. The molecule has 0 amide bonds. The van der Waals surface area contributed by atoms with Crippen LogP contribution in [0.1, 0.15) is 46.5 Å². The monoisotopic (exact) mass is 198 g/mol. The molecule has 1 aliphatic rings. The molecule has 0 aliphatic heterocycles. The molecular formula is C12H26N2. The average molecular weight is 198 g/mol. The van der Waals surface area contributed by atoms with Crippen molar-refractivity contribution in [3.05, 3.63) is 0 Å². The van der Waals surface area contributed by atoms with E-state index >= 15 is 0 Å². The summed E-state index contributed by atoms with van der Waals surface area (Å²) in [6.45, 7) is 8.75. The molecule has 3 N–H and O–H groups in total. The Labute approximate surface area is 88.6 Å². The minimum atomic E-state index is 0.239. The van der Waals surface area contributed by atoms with E-state index < -0.39 is 0 Å². The van der Waals surface area contributed by atoms with Gasteiger partial charge in [0.15, 0.2) is 0 Å². The molecule has 2 heteroatoms. The molecule has 14 heavy (non-hydrogen) atoms. The second-order valence-electron chi connectivity index (χ2n) is 5.28. The lowest BCUT2D eigenvalue weighted by atomic mass is 9.73. The van der Waals surface area contributed by atoms with Crippen LogP contribution < -0.4 is 11.1 Å². The molecule has 0 saturated heterocycles. The normalized spacial score (nSPS) is 33.6. The van der Waals surface area contributed by atoms with Crippen molar-refractivity contribution in [3.8, 4) is 0 Å². The minimum Gasteiger partial charge on any atom is -0.329 e. The molecule has 0 heterocycles. The molecule has 1 rings (SSSR count). The van der Waals surface area contributed by atoms with Crippen LogP contribution in [0.15, 0.2) is 0 Å². The maximum atomic E-state index is 5.95. The molecule has 1 aliphatic carbocycles. The van der Waals surface area contributed by atoms with Crippen molar-refractivity contribution >= 4 is 0 Å². The van der Waals surface area contributed by atoms with Gasteiger partial charge in [0.2, 0.25) is 0 Å². The van der Waals surface area contributed by atoms with Gasteiger partial charge in [0.25, 0.3) is 0 Å². The molecule has 2 unspecified atom stereocenters. The Morgan fingerprint density at radius 2 is 2.14 bits per heavy atom. The molecule has 0 radical (unpaired) electrons. The molecule has 0 aromatic carbocycles. The Morgan fingerprint density at radius 1 is 1.43 bits per heavy atom. The highest BCUT2D eigenvalue weighted by molar-refractivity contribution is 4.96. The predicted molar refractivity (Wildman–Crippen MR) is 62.3 cm³/mol. The van der Waals surface area contributed by atoms with Gasteiger partial charge in [-0.3, -0.25) is 0 Å². The van der Waals surface area contributed by atoms with Crippen LogP contribution in [-0.2, 0) is 0 Å². The predicted octanol–water partition coefficient (Wildman–Crippen LogP) is 2.14. The molecule has 0 bridgehead atoms. The van der Waals surface area contributed by atoms with E-state index in [-0.39, 0.29) is 5.54 Å². The summed E-state index contributed by atoms with van der Waals surface area (Å²) < 4.78 is 0. The van der Waals surface area contributed by atoms with Crippen molar-refractivity contribution in [1.29, 1.82) is 0 Å². The van der Waals surface area contributed by atoms with Crippen molar-refractivity contribution in [3.63, 3.8) is 0 Å². The first-order valence-electron chi connectivity index (χ1n) is 6.06. The third-order valence-corrected chi connectivity index (χ3v) is 3.68. The fourth-order valence-corrected chi connectivity index (χ4v) is 2.46. The van der Waals surface area contributed by atoms with Gasteiger partial charge in [-0.1, -0.05) is 33.6 Å². The Hall–Kier alpha value is -0.0800. The van der Waals surface area contributed by atoms with Gasteiger partial charge in [-0.05, 0) is 31.2 Å². The van der Waals surface area contributed by atoms with Crippen molar-refractivity contribution in [2.45, 2.75) is 52.0 Å². The molecule has 0 aromatic heterocycles. The van der Waals surface area contributed by atoms with E-state index in [1.807, 2.05) is 0 Å². The highest BCUT2D eigenvalue weighted by Crippen LogP contribution is 2.32. The van der Waals surface area contributed by atoms with Crippen molar-refractivity contribution < 1.29 is 0 Å². The van der Waals surface area contributed by atoms with Crippen molar-refractivity contribution in [2.75, 3.05) is 13.1 Å². The van der Waals surface area contributed by atoms with E-state index in [1.165, 1.54) is 25.7 Å². The van der Waals surface area contributed by atoms with Crippen LogP contribution >= 0.6 is 0 Å². The standard InChI is InChI=1S/C12H26N2/c1-10(2)8-14-12(9-13)7-5-4-6-11(12)3/h10-11,14H,4-9,13H2,1-3H3. The maximum Gasteiger partial charge on any atom is 0.0329 e. The number of nitrogens with one attached hydrogen (secondary N) is 1. The van der Waals surface area contributed by atoms with Gasteiger partial charge in [0, 0.05) is 12.1 Å². The third kappa shape index (κ3) is 2.71. The highest BCUT2D eigenvalue weighted by atomic mass is 15.0. The van der Waals surface area contributed by atoms with Gasteiger partial charge < -0.3 is 11.1 Å². The lowest BCUT2D eigenvalue weighted by molar-refractivity contribution is 0.157. The molecule has 1 saturated carbocycles. The minimum absolute atomic E-state index is 0.239.